The van der Waals surface area contributed by atoms with Gasteiger partial charge >= 0.3 is 0 Å². The van der Waals surface area contributed by atoms with E-state index in [1.807, 2.05) is 11.8 Å². The molecule has 1 N–H and O–H groups in total. The Bertz CT molecular complexity index is 467. The second-order valence-electron chi connectivity index (χ2n) is 5.05. The lowest BCUT2D eigenvalue weighted by atomic mass is 10.2. The van der Waals surface area contributed by atoms with Crippen LogP contribution in [0.25, 0.3) is 0 Å². The zero-order valence-electron chi connectivity index (χ0n) is 12.2. The summed E-state index contributed by atoms with van der Waals surface area (Å²) in [5.41, 5.74) is 0. The summed E-state index contributed by atoms with van der Waals surface area (Å²) < 4.78 is 18.4. The van der Waals surface area contributed by atoms with E-state index in [9.17, 15) is 9.18 Å². The zero-order valence-corrected chi connectivity index (χ0v) is 13.0. The number of thioether (sulfide) groups is 1. The summed E-state index contributed by atoms with van der Waals surface area (Å²) in [4.78, 5) is 13.7. The number of ether oxygens (including phenoxy) is 1. The van der Waals surface area contributed by atoms with Gasteiger partial charge < -0.3 is 15.0 Å². The number of hydrogen-bond acceptors (Lipinski definition) is 4. The molecule has 1 atom stereocenters. The topological polar surface area (TPSA) is 41.6 Å². The van der Waals surface area contributed by atoms with Crippen molar-refractivity contribution in [2.24, 2.45) is 0 Å². The second kappa shape index (κ2) is 8.24. The van der Waals surface area contributed by atoms with Crippen molar-refractivity contribution in [3.05, 3.63) is 30.1 Å². The molecule has 1 amide bonds. The fraction of sp³-hybridized carbons (Fsp3) is 0.533. The van der Waals surface area contributed by atoms with E-state index in [2.05, 4.69) is 5.32 Å². The van der Waals surface area contributed by atoms with Crippen LogP contribution in [0.5, 0.6) is 5.75 Å². The Morgan fingerprint density at radius 2 is 2.43 bits per heavy atom. The summed E-state index contributed by atoms with van der Waals surface area (Å²) in [5.74, 6) is 2.37. The molecule has 21 heavy (non-hydrogen) atoms. The number of nitrogens with one attached hydrogen (secondary N) is 1. The summed E-state index contributed by atoms with van der Waals surface area (Å²) in [6, 6.07) is 6.28. The fourth-order valence-corrected chi connectivity index (χ4v) is 3.05. The summed E-state index contributed by atoms with van der Waals surface area (Å²) in [6.07, 6.45) is 0.517. The Kier molecular flexibility index (Phi) is 6.32. The van der Waals surface area contributed by atoms with Crippen LogP contribution < -0.4 is 10.1 Å². The zero-order chi connectivity index (χ0) is 15.1. The first kappa shape index (κ1) is 16.1. The third kappa shape index (κ3) is 5.55. The smallest absolute Gasteiger partial charge is 0.224 e. The van der Waals surface area contributed by atoms with Crippen molar-refractivity contribution in [3.8, 4) is 5.75 Å². The molecule has 2 rings (SSSR count). The first-order chi connectivity index (χ1) is 10.1. The molecule has 1 saturated heterocycles. The van der Waals surface area contributed by atoms with Crippen molar-refractivity contribution >= 4 is 17.7 Å². The highest BCUT2D eigenvalue weighted by Crippen LogP contribution is 2.13. The minimum absolute atomic E-state index is 0.109. The third-order valence-corrected chi connectivity index (χ3v) is 4.47. The van der Waals surface area contributed by atoms with Gasteiger partial charge in [-0.15, -0.1) is 0 Å². The van der Waals surface area contributed by atoms with Gasteiger partial charge in [-0.2, -0.15) is 11.8 Å². The number of nitrogens with zero attached hydrogens (tertiary/aromatic N) is 1. The first-order valence-corrected chi connectivity index (χ1v) is 8.24. The monoisotopic (exact) mass is 312 g/mol. The van der Waals surface area contributed by atoms with Gasteiger partial charge in [0.25, 0.3) is 0 Å². The Morgan fingerprint density at radius 3 is 3.14 bits per heavy atom. The van der Waals surface area contributed by atoms with Gasteiger partial charge in [0.1, 0.15) is 18.2 Å². The summed E-state index contributed by atoms with van der Waals surface area (Å²) >= 11 is 1.88. The van der Waals surface area contributed by atoms with E-state index >= 15 is 0 Å². The van der Waals surface area contributed by atoms with Crippen molar-refractivity contribution in [1.82, 2.24) is 10.2 Å². The maximum atomic E-state index is 13.0. The van der Waals surface area contributed by atoms with Crippen LogP contribution in [-0.2, 0) is 4.79 Å². The van der Waals surface area contributed by atoms with Gasteiger partial charge in [-0.3, -0.25) is 4.79 Å². The molecule has 0 spiro atoms. The molecule has 0 saturated carbocycles. The lowest BCUT2D eigenvalue weighted by Gasteiger charge is -2.25. The van der Waals surface area contributed by atoms with Crippen LogP contribution in [0.3, 0.4) is 0 Å². The molecule has 0 unspecified atom stereocenters. The molecule has 1 aliphatic heterocycles. The number of amides is 1. The van der Waals surface area contributed by atoms with E-state index in [-0.39, 0.29) is 17.8 Å². The summed E-state index contributed by atoms with van der Waals surface area (Å²) in [5, 5.41) is 3.35. The van der Waals surface area contributed by atoms with Crippen molar-refractivity contribution in [2.75, 3.05) is 38.2 Å². The average Bonchev–Trinajstić information content (AvgIpc) is 2.48. The predicted octanol–water partition coefficient (Wildman–Crippen LogP) is 1.76. The number of carbonyl (C=O) groups is 1. The number of hydrogen-bond donors (Lipinski definition) is 1. The van der Waals surface area contributed by atoms with Crippen LogP contribution in [0.4, 0.5) is 4.39 Å². The molecule has 1 aromatic rings. The normalized spacial score (nSPS) is 18.3. The van der Waals surface area contributed by atoms with Gasteiger partial charge in [0.15, 0.2) is 0 Å². The van der Waals surface area contributed by atoms with Crippen LogP contribution in [-0.4, -0.2) is 55.1 Å². The molecule has 116 valence electrons. The standard InChI is InChI=1S/C15H21FN2O2S/c1-18(15(19)10-13-11-21-8-5-17-13)6-7-20-14-4-2-3-12(16)9-14/h2-4,9,13,17H,5-8,10-11H2,1H3/t13-/m1/s1. The second-order valence-corrected chi connectivity index (χ2v) is 6.20. The van der Waals surface area contributed by atoms with Crippen molar-refractivity contribution in [2.45, 2.75) is 12.5 Å². The van der Waals surface area contributed by atoms with Crippen molar-refractivity contribution < 1.29 is 13.9 Å². The molecule has 0 aliphatic carbocycles. The summed E-state index contributed by atoms with van der Waals surface area (Å²) in [7, 11) is 1.77. The molecule has 1 aromatic carbocycles. The number of benzene rings is 1. The van der Waals surface area contributed by atoms with Crippen molar-refractivity contribution in [3.63, 3.8) is 0 Å². The minimum atomic E-state index is -0.321. The number of carbonyl (C=O) groups excluding carboxylic acids is 1. The first-order valence-electron chi connectivity index (χ1n) is 7.08. The van der Waals surface area contributed by atoms with E-state index in [0.717, 1.165) is 18.1 Å². The molecule has 1 aliphatic rings. The molecule has 0 radical (unpaired) electrons. The molecule has 6 heteroatoms. The maximum Gasteiger partial charge on any atom is 0.224 e. The van der Waals surface area contributed by atoms with Crippen LogP contribution >= 0.6 is 11.8 Å². The van der Waals surface area contributed by atoms with Gasteiger partial charge in [0.2, 0.25) is 5.91 Å². The maximum absolute atomic E-state index is 13.0. The largest absolute Gasteiger partial charge is 0.492 e. The predicted molar refractivity (Wildman–Crippen MR) is 83.3 cm³/mol. The third-order valence-electron chi connectivity index (χ3n) is 3.34. The van der Waals surface area contributed by atoms with E-state index in [4.69, 9.17) is 4.74 Å². The fourth-order valence-electron chi connectivity index (χ4n) is 2.10. The minimum Gasteiger partial charge on any atom is -0.492 e. The summed E-state index contributed by atoms with van der Waals surface area (Å²) in [6.45, 7) is 1.82. The van der Waals surface area contributed by atoms with Crippen molar-refractivity contribution in [1.29, 1.82) is 0 Å². The molecule has 1 heterocycles. The van der Waals surface area contributed by atoms with Gasteiger partial charge in [-0.1, -0.05) is 6.07 Å². The molecule has 1 fully saturated rings. The van der Waals surface area contributed by atoms with Crippen LogP contribution in [0.1, 0.15) is 6.42 Å². The van der Waals surface area contributed by atoms with E-state index in [1.54, 1.807) is 24.1 Å². The number of likely N-dealkylation sites (N-methyl/N-ethyl adjacent to an activating group) is 1. The SMILES string of the molecule is CN(CCOc1cccc(F)c1)C(=O)C[C@@H]1CSCCN1. The van der Waals surface area contributed by atoms with E-state index < -0.39 is 0 Å². The van der Waals surface area contributed by atoms with Gasteiger partial charge in [-0.05, 0) is 12.1 Å². The number of halogens is 1. The van der Waals surface area contributed by atoms with Gasteiger partial charge in [0, 0.05) is 43.6 Å². The highest BCUT2D eigenvalue weighted by molar-refractivity contribution is 7.99. The van der Waals surface area contributed by atoms with Crippen LogP contribution in [0.2, 0.25) is 0 Å². The van der Waals surface area contributed by atoms with E-state index in [0.29, 0.717) is 25.3 Å². The average molecular weight is 312 g/mol. The van der Waals surface area contributed by atoms with Crippen LogP contribution in [0, 0.1) is 5.82 Å². The van der Waals surface area contributed by atoms with Crippen LogP contribution in [0.15, 0.2) is 24.3 Å². The lowest BCUT2D eigenvalue weighted by Crippen LogP contribution is -2.42. The molecule has 0 bridgehead atoms. The Hall–Kier alpha value is -1.27. The Morgan fingerprint density at radius 1 is 1.57 bits per heavy atom. The quantitative estimate of drug-likeness (QED) is 0.869. The molecule has 4 nitrogen and oxygen atoms in total. The lowest BCUT2D eigenvalue weighted by molar-refractivity contribution is -0.130. The Balaban J connectivity index is 1.68. The van der Waals surface area contributed by atoms with Gasteiger partial charge in [-0.25, -0.2) is 4.39 Å². The molecular weight excluding hydrogens is 291 g/mol. The highest BCUT2D eigenvalue weighted by Gasteiger charge is 2.18. The van der Waals surface area contributed by atoms with Gasteiger partial charge in [0.05, 0.1) is 6.54 Å². The van der Waals surface area contributed by atoms with E-state index in [1.165, 1.54) is 12.1 Å². The number of rotatable bonds is 6. The Labute approximate surface area is 129 Å². The highest BCUT2D eigenvalue weighted by atomic mass is 32.2. The molecular formula is C15H21FN2O2S. The molecule has 0 aromatic heterocycles.